The third-order valence-corrected chi connectivity index (χ3v) is 5.95. The van der Waals surface area contributed by atoms with Crippen LogP contribution in [0.25, 0.3) is 11.1 Å². The molecule has 1 aliphatic heterocycles. The summed E-state index contributed by atoms with van der Waals surface area (Å²) in [5.74, 6) is -0.108. The van der Waals surface area contributed by atoms with Crippen molar-refractivity contribution in [2.24, 2.45) is 4.99 Å². The van der Waals surface area contributed by atoms with Gasteiger partial charge in [-0.05, 0) is 53.9 Å². The molecule has 3 aromatic rings. The Morgan fingerprint density at radius 3 is 2.46 bits per heavy atom. The number of ether oxygens (including phenoxy) is 1. The molecule has 0 radical (unpaired) electrons. The smallest absolute Gasteiger partial charge is 0.272 e. The van der Waals surface area contributed by atoms with E-state index in [-0.39, 0.29) is 17.6 Å². The fourth-order valence-corrected chi connectivity index (χ4v) is 4.20. The predicted molar refractivity (Wildman–Crippen MR) is 134 cm³/mol. The minimum absolute atomic E-state index is 0.132. The average Bonchev–Trinajstić information content (AvgIpc) is 3.28. The van der Waals surface area contributed by atoms with E-state index in [9.17, 15) is 14.0 Å². The van der Waals surface area contributed by atoms with Crippen LogP contribution in [0.4, 0.5) is 4.39 Å². The van der Waals surface area contributed by atoms with E-state index in [1.165, 1.54) is 17.0 Å². The average molecular weight is 474 g/mol. The number of nitrogens with zero attached hydrogens (tertiary/aromatic N) is 3. The summed E-state index contributed by atoms with van der Waals surface area (Å²) in [4.78, 5) is 33.4. The fourth-order valence-electron chi connectivity index (χ4n) is 4.20. The van der Waals surface area contributed by atoms with Crippen LogP contribution in [-0.2, 0) is 17.9 Å². The Bertz CT molecular complexity index is 1320. The van der Waals surface area contributed by atoms with Crippen LogP contribution in [0.15, 0.2) is 65.7 Å². The summed E-state index contributed by atoms with van der Waals surface area (Å²) in [6, 6.07) is 17.2. The van der Waals surface area contributed by atoms with Crippen molar-refractivity contribution in [3.05, 3.63) is 88.7 Å². The van der Waals surface area contributed by atoms with E-state index < -0.39 is 0 Å². The number of aliphatic imine (C=N–C) groups is 1. The van der Waals surface area contributed by atoms with Gasteiger partial charge in [0, 0.05) is 44.4 Å². The largest absolute Gasteiger partial charge is 0.493 e. The third-order valence-electron chi connectivity index (χ3n) is 5.95. The molecule has 0 N–H and O–H groups in total. The van der Waals surface area contributed by atoms with Crippen LogP contribution >= 0.6 is 0 Å². The van der Waals surface area contributed by atoms with Crippen LogP contribution in [0.3, 0.4) is 0 Å². The second-order valence-electron chi connectivity index (χ2n) is 8.62. The van der Waals surface area contributed by atoms with Crippen molar-refractivity contribution in [3.8, 4) is 16.9 Å². The van der Waals surface area contributed by atoms with Gasteiger partial charge in [0.1, 0.15) is 17.3 Å². The van der Waals surface area contributed by atoms with Crippen molar-refractivity contribution in [2.75, 3.05) is 27.7 Å². The number of amides is 2. The zero-order chi connectivity index (χ0) is 25.1. The Labute approximate surface area is 204 Å². The first-order chi connectivity index (χ1) is 16.8. The summed E-state index contributed by atoms with van der Waals surface area (Å²) in [7, 11) is 5.15. The molecule has 2 amide bonds. The van der Waals surface area contributed by atoms with Gasteiger partial charge < -0.3 is 14.5 Å². The molecule has 0 saturated carbocycles. The quantitative estimate of drug-likeness (QED) is 0.506. The summed E-state index contributed by atoms with van der Waals surface area (Å²) >= 11 is 0. The lowest BCUT2D eigenvalue weighted by Gasteiger charge is -2.20. The highest BCUT2D eigenvalue weighted by molar-refractivity contribution is 6.46. The number of hydrogen-bond donors (Lipinski definition) is 0. The van der Waals surface area contributed by atoms with Crippen molar-refractivity contribution < 1.29 is 18.7 Å². The van der Waals surface area contributed by atoms with Gasteiger partial charge in [-0.1, -0.05) is 30.3 Å². The monoisotopic (exact) mass is 473 g/mol. The second kappa shape index (κ2) is 10.1. The number of hydrogen-bond acceptors (Lipinski definition) is 4. The summed E-state index contributed by atoms with van der Waals surface area (Å²) < 4.78 is 19.6. The topological polar surface area (TPSA) is 62.2 Å². The van der Waals surface area contributed by atoms with Crippen molar-refractivity contribution in [2.45, 2.75) is 20.0 Å². The van der Waals surface area contributed by atoms with Gasteiger partial charge in [0.25, 0.3) is 11.8 Å². The van der Waals surface area contributed by atoms with E-state index in [0.29, 0.717) is 42.3 Å². The van der Waals surface area contributed by atoms with Crippen LogP contribution in [0.5, 0.6) is 5.75 Å². The highest BCUT2D eigenvalue weighted by Gasteiger charge is 2.26. The van der Waals surface area contributed by atoms with E-state index in [0.717, 1.165) is 22.3 Å². The number of carbonyl (C=O) groups excluding carboxylic acids is 2. The first-order valence-corrected chi connectivity index (χ1v) is 11.5. The lowest BCUT2D eigenvalue weighted by atomic mass is 9.99. The normalized spacial score (nSPS) is 12.1. The highest BCUT2D eigenvalue weighted by atomic mass is 19.1. The van der Waals surface area contributed by atoms with Gasteiger partial charge in [0.05, 0.1) is 13.2 Å². The molecule has 1 aliphatic rings. The van der Waals surface area contributed by atoms with E-state index in [2.05, 4.69) is 4.99 Å². The van der Waals surface area contributed by atoms with Crippen molar-refractivity contribution in [1.82, 2.24) is 9.80 Å². The summed E-state index contributed by atoms with van der Waals surface area (Å²) in [5, 5.41) is 0. The minimum Gasteiger partial charge on any atom is -0.493 e. The van der Waals surface area contributed by atoms with Gasteiger partial charge in [-0.3, -0.25) is 14.6 Å². The molecule has 0 aliphatic carbocycles. The van der Waals surface area contributed by atoms with E-state index in [1.54, 1.807) is 50.3 Å². The molecule has 0 saturated heterocycles. The van der Waals surface area contributed by atoms with Crippen LogP contribution < -0.4 is 4.74 Å². The van der Waals surface area contributed by atoms with E-state index in [1.807, 2.05) is 31.2 Å². The number of halogens is 1. The maximum absolute atomic E-state index is 13.8. The van der Waals surface area contributed by atoms with Gasteiger partial charge in [-0.25, -0.2) is 4.39 Å². The van der Waals surface area contributed by atoms with Gasteiger partial charge in [-0.2, -0.15) is 0 Å². The Balaban J connectivity index is 1.57. The molecule has 0 aromatic heterocycles. The lowest BCUT2D eigenvalue weighted by Crippen LogP contribution is -2.30. The molecule has 0 fully saturated rings. The van der Waals surface area contributed by atoms with Gasteiger partial charge in [0.15, 0.2) is 0 Å². The van der Waals surface area contributed by atoms with E-state index >= 15 is 0 Å². The van der Waals surface area contributed by atoms with Gasteiger partial charge >= 0.3 is 0 Å². The Kier molecular flexibility index (Phi) is 6.96. The summed E-state index contributed by atoms with van der Waals surface area (Å²) in [6.45, 7) is 3.07. The summed E-state index contributed by atoms with van der Waals surface area (Å²) in [6.07, 6.45) is 0. The Morgan fingerprint density at radius 1 is 0.971 bits per heavy atom. The maximum atomic E-state index is 13.8. The first-order valence-electron chi connectivity index (χ1n) is 11.5. The maximum Gasteiger partial charge on any atom is 0.272 e. The van der Waals surface area contributed by atoms with E-state index in [4.69, 9.17) is 4.74 Å². The molecule has 4 rings (SSSR count). The molecular weight excluding hydrogens is 445 g/mol. The number of rotatable bonds is 7. The highest BCUT2D eigenvalue weighted by Crippen LogP contribution is 2.32. The zero-order valence-corrected chi connectivity index (χ0v) is 20.3. The second-order valence-corrected chi connectivity index (χ2v) is 8.62. The van der Waals surface area contributed by atoms with Gasteiger partial charge in [0.2, 0.25) is 0 Å². The standard InChI is InChI=1S/C28H28FN3O3/c1-5-35-25-15-19(12-13-22(25)18-8-6-10-21(29)14-18)27(33)32(4)17-20-9-7-11-23-24(20)16-30-26(23)28(34)31(2)3/h6-15H,5,16-17H2,1-4H3. The predicted octanol–water partition coefficient (Wildman–Crippen LogP) is 4.55. The first kappa shape index (κ1) is 24.1. The van der Waals surface area contributed by atoms with Crippen molar-refractivity contribution in [1.29, 1.82) is 0 Å². The van der Waals surface area contributed by atoms with Crippen LogP contribution in [0.2, 0.25) is 0 Å². The van der Waals surface area contributed by atoms with Crippen LogP contribution in [0, 0.1) is 5.82 Å². The molecule has 0 unspecified atom stereocenters. The fraction of sp³-hybridized carbons (Fsp3) is 0.250. The molecule has 0 atom stereocenters. The SMILES string of the molecule is CCOc1cc(C(=O)N(C)Cc2cccc3c2CN=C3C(=O)N(C)C)ccc1-c1cccc(F)c1. The van der Waals surface area contributed by atoms with Gasteiger partial charge in [-0.15, -0.1) is 0 Å². The number of carbonyl (C=O) groups is 2. The summed E-state index contributed by atoms with van der Waals surface area (Å²) in [5.41, 5.74) is 5.07. The Morgan fingerprint density at radius 2 is 1.74 bits per heavy atom. The molecule has 6 nitrogen and oxygen atoms in total. The Hall–Kier alpha value is -4.00. The zero-order valence-electron chi connectivity index (χ0n) is 20.3. The van der Waals surface area contributed by atoms with Crippen LogP contribution in [0.1, 0.15) is 34.0 Å². The number of fused-ring (bicyclic) bond motifs is 1. The lowest BCUT2D eigenvalue weighted by molar-refractivity contribution is -0.121. The molecule has 180 valence electrons. The minimum atomic E-state index is -0.334. The molecule has 35 heavy (non-hydrogen) atoms. The number of likely N-dealkylation sites (N-methyl/N-ethyl adjacent to an activating group) is 1. The molecule has 7 heteroatoms. The molecule has 1 heterocycles. The van der Waals surface area contributed by atoms with Crippen molar-refractivity contribution >= 4 is 17.5 Å². The molecular formula is C28H28FN3O3. The number of benzene rings is 3. The third kappa shape index (κ3) is 4.94. The molecule has 0 spiro atoms. The van der Waals surface area contributed by atoms with Crippen LogP contribution in [-0.4, -0.2) is 55.1 Å². The van der Waals surface area contributed by atoms with Crippen molar-refractivity contribution in [3.63, 3.8) is 0 Å². The molecule has 0 bridgehead atoms. The molecule has 3 aromatic carbocycles.